The van der Waals surface area contributed by atoms with Crippen molar-refractivity contribution in [1.82, 2.24) is 15.5 Å². The summed E-state index contributed by atoms with van der Waals surface area (Å²) in [5.74, 6) is 0.0393. The van der Waals surface area contributed by atoms with Gasteiger partial charge in [-0.25, -0.2) is 0 Å². The molecule has 0 aromatic carbocycles. The molecule has 0 aromatic heterocycles. The Kier molecular flexibility index (Phi) is 4.95. The average molecular weight is 187 g/mol. The van der Waals surface area contributed by atoms with Gasteiger partial charge in [-0.05, 0) is 35.0 Å². The number of nitrogens with one attached hydrogen (secondary N) is 2. The van der Waals surface area contributed by atoms with Gasteiger partial charge in [0.25, 0.3) is 0 Å². The maximum Gasteiger partial charge on any atom is 0.234 e. The topological polar surface area (TPSA) is 44.4 Å². The van der Waals surface area contributed by atoms with Crippen LogP contribution in [0.15, 0.2) is 0 Å². The Morgan fingerprint density at radius 2 is 1.92 bits per heavy atom. The van der Waals surface area contributed by atoms with Gasteiger partial charge in [-0.3, -0.25) is 4.79 Å². The van der Waals surface area contributed by atoms with Crippen molar-refractivity contribution in [3.8, 4) is 0 Å². The van der Waals surface area contributed by atoms with Gasteiger partial charge in [-0.2, -0.15) is 0 Å². The second-order valence-corrected chi connectivity index (χ2v) is 4.01. The van der Waals surface area contributed by atoms with E-state index in [9.17, 15) is 4.79 Å². The van der Waals surface area contributed by atoms with Crippen LogP contribution in [-0.2, 0) is 4.79 Å². The van der Waals surface area contributed by atoms with Crippen LogP contribution < -0.4 is 10.6 Å². The summed E-state index contributed by atoms with van der Waals surface area (Å²) in [5, 5.41) is 5.67. The summed E-state index contributed by atoms with van der Waals surface area (Å²) < 4.78 is 0. The van der Waals surface area contributed by atoms with Gasteiger partial charge < -0.3 is 15.5 Å². The third-order valence-electron chi connectivity index (χ3n) is 2.27. The van der Waals surface area contributed by atoms with Gasteiger partial charge in [0, 0.05) is 12.1 Å². The molecular weight excluding hydrogens is 166 g/mol. The monoisotopic (exact) mass is 187 g/mol. The highest BCUT2D eigenvalue weighted by atomic mass is 16.1. The molecule has 2 N–H and O–H groups in total. The number of hydrogen-bond acceptors (Lipinski definition) is 3. The van der Waals surface area contributed by atoms with Crippen molar-refractivity contribution >= 4 is 5.91 Å². The van der Waals surface area contributed by atoms with Gasteiger partial charge in [0.1, 0.15) is 0 Å². The van der Waals surface area contributed by atoms with Gasteiger partial charge in [0.15, 0.2) is 0 Å². The molecule has 0 heterocycles. The predicted octanol–water partition coefficient (Wildman–Crippen LogP) is -0.338. The lowest BCUT2D eigenvalue weighted by Gasteiger charge is -2.32. The smallest absolute Gasteiger partial charge is 0.234 e. The van der Waals surface area contributed by atoms with Gasteiger partial charge in [0.05, 0.1) is 6.54 Å². The first kappa shape index (κ1) is 12.4. The van der Waals surface area contributed by atoms with E-state index in [1.807, 2.05) is 14.1 Å². The van der Waals surface area contributed by atoms with Crippen LogP contribution in [0, 0.1) is 0 Å². The van der Waals surface area contributed by atoms with E-state index in [0.29, 0.717) is 13.1 Å². The molecule has 0 radical (unpaired) electrons. The lowest BCUT2D eigenvalue weighted by molar-refractivity contribution is -0.120. The molecule has 0 saturated heterocycles. The molecule has 0 rings (SSSR count). The van der Waals surface area contributed by atoms with Crippen molar-refractivity contribution in [2.75, 3.05) is 34.2 Å². The molecular formula is C9H21N3O. The van der Waals surface area contributed by atoms with Crippen LogP contribution in [-0.4, -0.2) is 50.6 Å². The van der Waals surface area contributed by atoms with Crippen molar-refractivity contribution < 1.29 is 4.79 Å². The zero-order valence-electron chi connectivity index (χ0n) is 9.27. The summed E-state index contributed by atoms with van der Waals surface area (Å²) in [4.78, 5) is 13.2. The molecule has 0 spiro atoms. The van der Waals surface area contributed by atoms with Gasteiger partial charge >= 0.3 is 0 Å². The minimum atomic E-state index is 0.00337. The van der Waals surface area contributed by atoms with Crippen molar-refractivity contribution in [3.05, 3.63) is 0 Å². The lowest BCUT2D eigenvalue weighted by atomic mass is 10.0. The van der Waals surface area contributed by atoms with Crippen molar-refractivity contribution in [3.63, 3.8) is 0 Å². The molecule has 0 bridgehead atoms. The SMILES string of the molecule is CNCC(=O)NCC(C)(C)N(C)C. The highest BCUT2D eigenvalue weighted by molar-refractivity contribution is 5.78. The van der Waals surface area contributed by atoms with Crippen molar-refractivity contribution in [2.45, 2.75) is 19.4 Å². The minimum absolute atomic E-state index is 0.00337. The van der Waals surface area contributed by atoms with E-state index in [2.05, 4.69) is 29.4 Å². The molecule has 0 saturated carbocycles. The summed E-state index contributed by atoms with van der Waals surface area (Å²) in [6, 6.07) is 0. The third-order valence-corrected chi connectivity index (χ3v) is 2.27. The quantitative estimate of drug-likeness (QED) is 0.619. The van der Waals surface area contributed by atoms with E-state index in [1.165, 1.54) is 0 Å². The molecule has 0 atom stereocenters. The Bertz CT molecular complexity index is 166. The minimum Gasteiger partial charge on any atom is -0.353 e. The first-order chi connectivity index (χ1) is 5.90. The number of amides is 1. The Balaban J connectivity index is 3.81. The van der Waals surface area contributed by atoms with Crippen LogP contribution in [0.3, 0.4) is 0 Å². The van der Waals surface area contributed by atoms with Crippen LogP contribution in [0.5, 0.6) is 0 Å². The number of rotatable bonds is 5. The summed E-state index contributed by atoms with van der Waals surface area (Å²) >= 11 is 0. The normalized spacial score (nSPS) is 11.8. The Labute approximate surface area is 80.7 Å². The number of carbonyl (C=O) groups excluding carboxylic acids is 1. The van der Waals surface area contributed by atoms with Gasteiger partial charge in [-0.1, -0.05) is 0 Å². The molecule has 0 aromatic rings. The average Bonchev–Trinajstić information content (AvgIpc) is 2.01. The fourth-order valence-electron chi connectivity index (χ4n) is 0.696. The molecule has 0 aliphatic rings. The van der Waals surface area contributed by atoms with Gasteiger partial charge in [0.2, 0.25) is 5.91 Å². The van der Waals surface area contributed by atoms with E-state index < -0.39 is 0 Å². The molecule has 4 nitrogen and oxygen atoms in total. The summed E-state index contributed by atoms with van der Waals surface area (Å²) in [7, 11) is 5.77. The van der Waals surface area contributed by atoms with E-state index in [-0.39, 0.29) is 11.4 Å². The van der Waals surface area contributed by atoms with E-state index in [4.69, 9.17) is 0 Å². The van der Waals surface area contributed by atoms with Crippen molar-refractivity contribution in [2.24, 2.45) is 0 Å². The Hall–Kier alpha value is -0.610. The van der Waals surface area contributed by atoms with Crippen LogP contribution >= 0.6 is 0 Å². The molecule has 1 amide bonds. The van der Waals surface area contributed by atoms with Crippen LogP contribution in [0.25, 0.3) is 0 Å². The first-order valence-electron chi connectivity index (χ1n) is 4.49. The zero-order chi connectivity index (χ0) is 10.5. The highest BCUT2D eigenvalue weighted by Gasteiger charge is 2.20. The van der Waals surface area contributed by atoms with Crippen LogP contribution in [0.1, 0.15) is 13.8 Å². The standard InChI is InChI=1S/C9H21N3O/c1-9(2,12(4)5)7-11-8(13)6-10-3/h10H,6-7H2,1-5H3,(H,11,13). The van der Waals surface area contributed by atoms with Crippen LogP contribution in [0.2, 0.25) is 0 Å². The van der Waals surface area contributed by atoms with E-state index >= 15 is 0 Å². The zero-order valence-corrected chi connectivity index (χ0v) is 9.27. The van der Waals surface area contributed by atoms with Gasteiger partial charge in [-0.15, -0.1) is 0 Å². The fraction of sp³-hybridized carbons (Fsp3) is 0.889. The molecule has 4 heteroatoms. The van der Waals surface area contributed by atoms with Crippen LogP contribution in [0.4, 0.5) is 0 Å². The molecule has 0 fully saturated rings. The second kappa shape index (κ2) is 5.19. The third kappa shape index (κ3) is 4.85. The van der Waals surface area contributed by atoms with E-state index in [1.54, 1.807) is 7.05 Å². The Morgan fingerprint density at radius 1 is 1.38 bits per heavy atom. The molecule has 0 aliphatic heterocycles. The first-order valence-corrected chi connectivity index (χ1v) is 4.49. The lowest BCUT2D eigenvalue weighted by Crippen LogP contribution is -2.49. The maximum atomic E-state index is 11.1. The maximum absolute atomic E-state index is 11.1. The molecule has 0 aliphatic carbocycles. The highest BCUT2D eigenvalue weighted by Crippen LogP contribution is 2.07. The summed E-state index contributed by atoms with van der Waals surface area (Å²) in [5.41, 5.74) is 0.00337. The van der Waals surface area contributed by atoms with Crippen molar-refractivity contribution in [1.29, 1.82) is 0 Å². The second-order valence-electron chi connectivity index (χ2n) is 4.01. The Morgan fingerprint density at radius 3 is 2.31 bits per heavy atom. The molecule has 13 heavy (non-hydrogen) atoms. The number of nitrogens with zero attached hydrogens (tertiary/aromatic N) is 1. The van der Waals surface area contributed by atoms with E-state index in [0.717, 1.165) is 0 Å². The molecule has 0 unspecified atom stereocenters. The predicted molar refractivity (Wildman–Crippen MR) is 54.7 cm³/mol. The molecule has 78 valence electrons. The number of carbonyl (C=O) groups is 1. The largest absolute Gasteiger partial charge is 0.353 e. The summed E-state index contributed by atoms with van der Waals surface area (Å²) in [6.45, 7) is 5.23. The number of hydrogen-bond donors (Lipinski definition) is 2. The summed E-state index contributed by atoms with van der Waals surface area (Å²) in [6.07, 6.45) is 0. The number of likely N-dealkylation sites (N-methyl/N-ethyl adjacent to an activating group) is 2. The fourth-order valence-corrected chi connectivity index (χ4v) is 0.696.